The van der Waals surface area contributed by atoms with Gasteiger partial charge in [0.2, 0.25) is 12.2 Å². The van der Waals surface area contributed by atoms with Crippen LogP contribution in [-0.4, -0.2) is 111 Å². The smallest absolute Gasteiger partial charge is 0.327 e. The van der Waals surface area contributed by atoms with E-state index in [0.717, 1.165) is 87.6 Å². The van der Waals surface area contributed by atoms with Crippen molar-refractivity contribution in [2.24, 2.45) is 9.98 Å². The quantitative estimate of drug-likeness (QED) is 0.0409. The van der Waals surface area contributed by atoms with Crippen LogP contribution in [0.4, 0.5) is 19.2 Å². The van der Waals surface area contributed by atoms with E-state index in [1.807, 2.05) is 6.92 Å². The van der Waals surface area contributed by atoms with E-state index < -0.39 is 30.3 Å². The van der Waals surface area contributed by atoms with Crippen LogP contribution in [-0.2, 0) is 9.59 Å². The number of amides is 8. The van der Waals surface area contributed by atoms with Crippen LogP contribution in [0.3, 0.4) is 0 Å². The Hall–Kier alpha value is -3.33. The maximum Gasteiger partial charge on any atom is 0.327 e. The third-order valence-corrected chi connectivity index (χ3v) is 10.1. The highest BCUT2D eigenvalue weighted by atomic mass is 28.2. The Morgan fingerprint density at radius 2 is 1.12 bits per heavy atom. The van der Waals surface area contributed by atoms with Crippen LogP contribution in [0.5, 0.6) is 0 Å². The molecule has 14 nitrogen and oxygen atoms in total. The Balaban J connectivity index is 4.92. The molecule has 48 heavy (non-hydrogen) atoms. The molecule has 4 N–H and O–H groups in total. The van der Waals surface area contributed by atoms with E-state index in [1.165, 1.54) is 17.1 Å². The van der Waals surface area contributed by atoms with Gasteiger partial charge in [0.25, 0.3) is 0 Å². The zero-order chi connectivity index (χ0) is 35.7. The molecule has 1 atom stereocenters. The first-order chi connectivity index (χ1) is 23.4. The second-order valence-electron chi connectivity index (χ2n) is 11.9. The summed E-state index contributed by atoms with van der Waals surface area (Å²) >= 11 is 0. The summed E-state index contributed by atoms with van der Waals surface area (Å²) in [5, 5.41) is 11.3. The monoisotopic (exact) mass is 710 g/mol. The predicted octanol–water partition coefficient (Wildman–Crippen LogP) is 4.18. The van der Waals surface area contributed by atoms with Gasteiger partial charge in [0, 0.05) is 51.8 Å². The molecule has 0 aromatic heterocycles. The van der Waals surface area contributed by atoms with Gasteiger partial charge >= 0.3 is 24.1 Å². The Kier molecular flexibility index (Phi) is 30.0. The number of carbonyl (C=O) groups is 4. The van der Waals surface area contributed by atoms with Crippen LogP contribution in [0.25, 0.3) is 0 Å². The summed E-state index contributed by atoms with van der Waals surface area (Å²) < 4.78 is 0. The average molecular weight is 711 g/mol. The van der Waals surface area contributed by atoms with Gasteiger partial charge < -0.3 is 21.3 Å². The molecule has 0 fully saturated rings. The Morgan fingerprint density at radius 1 is 0.625 bits per heavy atom. The first-order valence-corrected chi connectivity index (χ1v) is 23.0. The normalized spacial score (nSPS) is 11.5. The number of nitrogens with one attached hydrogen (secondary N) is 4. The first-order valence-electron chi connectivity index (χ1n) is 18.2. The molecule has 0 aromatic rings. The lowest BCUT2D eigenvalue weighted by Crippen LogP contribution is -2.53. The molecule has 0 aromatic carbocycles. The summed E-state index contributed by atoms with van der Waals surface area (Å²) in [5.74, 6) is 0. The van der Waals surface area contributed by atoms with Crippen molar-refractivity contribution in [1.82, 2.24) is 31.1 Å². The van der Waals surface area contributed by atoms with E-state index in [2.05, 4.69) is 44.3 Å². The van der Waals surface area contributed by atoms with Gasteiger partial charge in [-0.25, -0.2) is 43.6 Å². The van der Waals surface area contributed by atoms with Crippen LogP contribution in [0.2, 0.25) is 25.2 Å². The molecule has 0 radical (unpaired) electrons. The summed E-state index contributed by atoms with van der Waals surface area (Å²) in [6, 6.07) is 0.241. The van der Waals surface area contributed by atoms with Crippen LogP contribution in [0.15, 0.2) is 9.98 Å². The Bertz CT molecular complexity index is 996. The number of aliphatic imine (C=N–C) groups is 2. The van der Waals surface area contributed by atoms with Gasteiger partial charge in [0.05, 0.1) is 6.54 Å². The minimum absolute atomic E-state index is 0.0813. The van der Waals surface area contributed by atoms with E-state index in [-0.39, 0.29) is 25.6 Å². The molecule has 0 aliphatic rings. The molecule has 1 unspecified atom stereocenters. The average Bonchev–Trinajstić information content (AvgIpc) is 3.07. The lowest BCUT2D eigenvalue weighted by molar-refractivity contribution is 0.166. The number of hydrogen-bond acceptors (Lipinski definition) is 8. The summed E-state index contributed by atoms with van der Waals surface area (Å²) in [6.07, 6.45) is 12.9. The van der Waals surface area contributed by atoms with Gasteiger partial charge in [-0.1, -0.05) is 70.6 Å². The zero-order valence-electron chi connectivity index (χ0n) is 29.8. The van der Waals surface area contributed by atoms with Crippen molar-refractivity contribution in [3.8, 4) is 0 Å². The zero-order valence-corrected chi connectivity index (χ0v) is 32.6. The van der Waals surface area contributed by atoms with Crippen LogP contribution < -0.4 is 21.3 Å². The minimum Gasteiger partial charge on any atom is -0.338 e. The second kappa shape index (κ2) is 32.2. The summed E-state index contributed by atoms with van der Waals surface area (Å²) in [4.78, 5) is 82.7. The third kappa shape index (κ3) is 23.1. The molecule has 0 aliphatic carbocycles. The highest BCUT2D eigenvalue weighted by Crippen LogP contribution is 2.13. The van der Waals surface area contributed by atoms with Crippen LogP contribution >= 0.6 is 0 Å². The Labute approximate surface area is 292 Å². The van der Waals surface area contributed by atoms with Crippen molar-refractivity contribution in [2.75, 3.05) is 39.3 Å². The largest absolute Gasteiger partial charge is 0.338 e. The predicted molar refractivity (Wildman–Crippen MR) is 196 cm³/mol. The molecule has 8 amide bonds. The van der Waals surface area contributed by atoms with E-state index in [0.29, 0.717) is 52.0 Å². The molecule has 0 spiro atoms. The van der Waals surface area contributed by atoms with Gasteiger partial charge in [0.15, 0.2) is 0 Å². The standard InChI is InChI=1S/C32H62N8O6Si2/c1-4-5-10-17-28(38-27-42)40(32(46)37-22-16-25-48-3)31(45)36-20-13-8-9-14-23-39(30(44)35-21-15-24-47-2)29(43)34-19-12-7-6-11-18-33-26-41/h28H,4-25,47-48H2,1-3H3,(H,34,43)(H,35,44)(H,36,45)(H,37,46). The molecule has 0 heterocycles. The number of carbonyl (C=O) groups excluding carboxylic acids is 6. The topological polar surface area (TPSA) is 182 Å². The number of unbranched alkanes of at least 4 members (excludes halogenated alkanes) is 8. The molecule has 0 saturated heterocycles. The molecule has 0 bridgehead atoms. The lowest BCUT2D eigenvalue weighted by Gasteiger charge is -2.27. The number of nitrogens with zero attached hydrogens (tertiary/aromatic N) is 4. The fourth-order valence-corrected chi connectivity index (χ4v) is 6.40. The van der Waals surface area contributed by atoms with Crippen LogP contribution in [0, 0.1) is 0 Å². The second-order valence-corrected chi connectivity index (χ2v) is 15.3. The van der Waals surface area contributed by atoms with E-state index in [9.17, 15) is 28.8 Å². The summed E-state index contributed by atoms with van der Waals surface area (Å²) in [5.41, 5.74) is 0. The number of isocyanates is 2. The molecule has 16 heteroatoms. The van der Waals surface area contributed by atoms with Crippen LogP contribution in [0.1, 0.15) is 96.8 Å². The van der Waals surface area contributed by atoms with Gasteiger partial charge in [-0.3, -0.25) is 0 Å². The lowest BCUT2D eigenvalue weighted by atomic mass is 10.1. The van der Waals surface area contributed by atoms with Crippen molar-refractivity contribution < 1.29 is 28.8 Å². The number of imide groups is 2. The van der Waals surface area contributed by atoms with Gasteiger partial charge in [-0.2, -0.15) is 4.99 Å². The molecule has 0 rings (SSSR count). The highest BCUT2D eigenvalue weighted by molar-refractivity contribution is 6.33. The Morgan fingerprint density at radius 3 is 1.62 bits per heavy atom. The maximum absolute atomic E-state index is 13.1. The van der Waals surface area contributed by atoms with Crippen molar-refractivity contribution in [1.29, 1.82) is 0 Å². The van der Waals surface area contributed by atoms with E-state index >= 15 is 0 Å². The molecule has 0 aliphatic heterocycles. The summed E-state index contributed by atoms with van der Waals surface area (Å²) in [7, 11) is -0.199. The number of urea groups is 4. The molecule has 0 saturated carbocycles. The third-order valence-electron chi connectivity index (χ3n) is 7.73. The van der Waals surface area contributed by atoms with Crippen molar-refractivity contribution in [3.63, 3.8) is 0 Å². The number of rotatable bonds is 28. The number of hydrogen-bond donors (Lipinski definition) is 4. The first kappa shape index (κ1) is 44.7. The summed E-state index contributed by atoms with van der Waals surface area (Å²) in [6.45, 7) is 8.98. The van der Waals surface area contributed by atoms with Gasteiger partial charge in [-0.15, -0.1) is 0 Å². The van der Waals surface area contributed by atoms with Gasteiger partial charge in [-0.05, 0) is 51.4 Å². The van der Waals surface area contributed by atoms with E-state index in [1.54, 1.807) is 0 Å². The van der Waals surface area contributed by atoms with Crippen molar-refractivity contribution in [2.45, 2.75) is 128 Å². The minimum atomic E-state index is -0.912. The SMILES string of the molecule is CCCCCC(N=C=O)N(C(=O)NCCCCCCN(C(=O)NCCCCCCN=C=O)C(=O)NCCC[SiH2]C)C(=O)NCCC[SiH2]C. The van der Waals surface area contributed by atoms with Crippen molar-refractivity contribution in [3.05, 3.63) is 0 Å². The highest BCUT2D eigenvalue weighted by Gasteiger charge is 2.29. The molecular formula is C32H62N8O6Si2. The molecule has 274 valence electrons. The fraction of sp³-hybridized carbons (Fsp3) is 0.812. The maximum atomic E-state index is 13.1. The molecular weight excluding hydrogens is 649 g/mol. The fourth-order valence-electron chi connectivity index (χ4n) is 4.90. The van der Waals surface area contributed by atoms with Crippen molar-refractivity contribution >= 4 is 55.3 Å². The van der Waals surface area contributed by atoms with Gasteiger partial charge in [0.1, 0.15) is 6.17 Å². The van der Waals surface area contributed by atoms with E-state index in [4.69, 9.17) is 0 Å².